The zero-order valence-corrected chi connectivity index (χ0v) is 11.4. The number of benzene rings is 1. The van der Waals surface area contributed by atoms with Crippen molar-refractivity contribution in [2.24, 2.45) is 5.73 Å². The predicted molar refractivity (Wildman–Crippen MR) is 68.7 cm³/mol. The first-order valence-corrected chi connectivity index (χ1v) is 6.15. The highest BCUT2D eigenvalue weighted by Crippen LogP contribution is 2.30. The molecule has 0 aliphatic heterocycles. The lowest BCUT2D eigenvalue weighted by atomic mass is 10.2. The number of hydrogen-bond donors (Lipinski definition) is 2. The van der Waals surface area contributed by atoms with Crippen LogP contribution in [0.1, 0.15) is 13.3 Å². The molecular formula is C10H12Br2N2O. The average Bonchev–Trinajstić information content (AvgIpc) is 2.22. The van der Waals surface area contributed by atoms with E-state index in [9.17, 15) is 4.79 Å². The third kappa shape index (κ3) is 3.29. The largest absolute Gasteiger partial charge is 0.323 e. The van der Waals surface area contributed by atoms with Crippen molar-refractivity contribution in [3.05, 3.63) is 27.1 Å². The van der Waals surface area contributed by atoms with Crippen molar-refractivity contribution < 1.29 is 4.79 Å². The SMILES string of the molecule is CC[C@@H](N)C(=O)Nc1c(Br)cccc1Br. The second-order valence-corrected chi connectivity index (χ2v) is 4.81. The molecule has 0 unspecified atom stereocenters. The Kier molecular flexibility index (Phi) is 4.76. The van der Waals surface area contributed by atoms with Gasteiger partial charge in [-0.1, -0.05) is 13.0 Å². The summed E-state index contributed by atoms with van der Waals surface area (Å²) in [5.74, 6) is -0.176. The van der Waals surface area contributed by atoms with Crippen LogP contribution in [0.25, 0.3) is 0 Å². The Morgan fingerprint density at radius 2 is 2.00 bits per heavy atom. The first-order chi connectivity index (χ1) is 7.06. The number of nitrogens with one attached hydrogen (secondary N) is 1. The lowest BCUT2D eigenvalue weighted by Crippen LogP contribution is -2.35. The monoisotopic (exact) mass is 334 g/mol. The highest BCUT2D eigenvalue weighted by atomic mass is 79.9. The second-order valence-electron chi connectivity index (χ2n) is 3.10. The predicted octanol–water partition coefficient (Wildman–Crippen LogP) is 2.89. The first kappa shape index (κ1) is 12.7. The van der Waals surface area contributed by atoms with Gasteiger partial charge in [-0.15, -0.1) is 0 Å². The third-order valence-electron chi connectivity index (χ3n) is 1.99. The summed E-state index contributed by atoms with van der Waals surface area (Å²) in [5, 5.41) is 2.77. The smallest absolute Gasteiger partial charge is 0.241 e. The van der Waals surface area contributed by atoms with Crippen LogP contribution >= 0.6 is 31.9 Å². The fourth-order valence-corrected chi connectivity index (χ4v) is 2.22. The number of hydrogen-bond acceptors (Lipinski definition) is 2. The molecule has 0 aromatic heterocycles. The Labute approximate surface area is 106 Å². The van der Waals surface area contributed by atoms with Crippen molar-refractivity contribution in [1.29, 1.82) is 0 Å². The summed E-state index contributed by atoms with van der Waals surface area (Å²) in [5.41, 5.74) is 6.34. The van der Waals surface area contributed by atoms with Crippen LogP contribution in [-0.2, 0) is 4.79 Å². The van der Waals surface area contributed by atoms with E-state index in [-0.39, 0.29) is 5.91 Å². The van der Waals surface area contributed by atoms with E-state index >= 15 is 0 Å². The summed E-state index contributed by atoms with van der Waals surface area (Å²) in [6, 6.07) is 5.13. The van der Waals surface area contributed by atoms with E-state index in [4.69, 9.17) is 5.73 Å². The van der Waals surface area contributed by atoms with E-state index in [0.717, 1.165) is 8.95 Å². The molecule has 0 saturated heterocycles. The fourth-order valence-electron chi connectivity index (χ4n) is 1.02. The molecule has 0 bridgehead atoms. The normalized spacial score (nSPS) is 12.3. The van der Waals surface area contributed by atoms with Gasteiger partial charge in [0.05, 0.1) is 11.7 Å². The van der Waals surface area contributed by atoms with Crippen LogP contribution in [0, 0.1) is 0 Å². The molecule has 1 aromatic rings. The Hall–Kier alpha value is -0.390. The first-order valence-electron chi connectivity index (χ1n) is 4.56. The topological polar surface area (TPSA) is 55.1 Å². The van der Waals surface area contributed by atoms with Gasteiger partial charge in [0.25, 0.3) is 0 Å². The summed E-state index contributed by atoms with van der Waals surface area (Å²) in [6.45, 7) is 1.87. The maximum absolute atomic E-state index is 11.6. The Balaban J connectivity index is 2.85. The number of amides is 1. The molecule has 0 aliphatic rings. The molecule has 0 spiro atoms. The second kappa shape index (κ2) is 5.63. The van der Waals surface area contributed by atoms with E-state index in [0.29, 0.717) is 12.1 Å². The molecule has 1 aromatic carbocycles. The van der Waals surface area contributed by atoms with Gasteiger partial charge in [0.1, 0.15) is 0 Å². The lowest BCUT2D eigenvalue weighted by molar-refractivity contribution is -0.117. The van der Waals surface area contributed by atoms with Gasteiger partial charge in [-0.3, -0.25) is 4.79 Å². The van der Waals surface area contributed by atoms with Crippen molar-refractivity contribution in [2.45, 2.75) is 19.4 Å². The van der Waals surface area contributed by atoms with Crippen molar-refractivity contribution >= 4 is 43.5 Å². The average molecular weight is 336 g/mol. The number of carbonyl (C=O) groups is 1. The number of para-hydroxylation sites is 1. The summed E-state index contributed by atoms with van der Waals surface area (Å²) < 4.78 is 1.65. The summed E-state index contributed by atoms with van der Waals surface area (Å²) >= 11 is 6.72. The molecule has 5 heteroatoms. The fraction of sp³-hybridized carbons (Fsp3) is 0.300. The van der Waals surface area contributed by atoms with Gasteiger partial charge in [-0.25, -0.2) is 0 Å². The summed E-state index contributed by atoms with van der Waals surface area (Å²) in [7, 11) is 0. The van der Waals surface area contributed by atoms with E-state index in [1.54, 1.807) is 0 Å². The number of anilines is 1. The molecule has 15 heavy (non-hydrogen) atoms. The molecule has 0 radical (unpaired) electrons. The van der Waals surface area contributed by atoms with Crippen molar-refractivity contribution in [3.63, 3.8) is 0 Å². The van der Waals surface area contributed by atoms with Gasteiger partial charge in [0, 0.05) is 8.95 Å². The van der Waals surface area contributed by atoms with E-state index in [2.05, 4.69) is 37.2 Å². The Bertz CT molecular complexity index is 348. The molecule has 1 atom stereocenters. The van der Waals surface area contributed by atoms with Crippen LogP contribution in [0.4, 0.5) is 5.69 Å². The minimum atomic E-state index is -0.469. The van der Waals surface area contributed by atoms with Gasteiger partial charge in [0.2, 0.25) is 5.91 Å². The minimum absolute atomic E-state index is 0.176. The molecule has 0 heterocycles. The maximum atomic E-state index is 11.6. The Morgan fingerprint density at radius 3 is 2.47 bits per heavy atom. The van der Waals surface area contributed by atoms with Crippen molar-refractivity contribution in [1.82, 2.24) is 0 Å². The molecule has 0 aliphatic carbocycles. The van der Waals surface area contributed by atoms with Gasteiger partial charge >= 0.3 is 0 Å². The van der Waals surface area contributed by atoms with Crippen LogP contribution in [0.3, 0.4) is 0 Å². The van der Waals surface area contributed by atoms with Crippen LogP contribution in [-0.4, -0.2) is 11.9 Å². The number of carbonyl (C=O) groups excluding carboxylic acids is 1. The van der Waals surface area contributed by atoms with Gasteiger partial charge in [0.15, 0.2) is 0 Å². The Morgan fingerprint density at radius 1 is 1.47 bits per heavy atom. The molecule has 1 rings (SSSR count). The molecular weight excluding hydrogens is 324 g/mol. The lowest BCUT2D eigenvalue weighted by Gasteiger charge is -2.12. The van der Waals surface area contributed by atoms with Gasteiger partial charge in [-0.2, -0.15) is 0 Å². The van der Waals surface area contributed by atoms with Crippen LogP contribution in [0.15, 0.2) is 27.1 Å². The molecule has 3 nitrogen and oxygen atoms in total. The molecule has 0 fully saturated rings. The minimum Gasteiger partial charge on any atom is -0.323 e. The quantitative estimate of drug-likeness (QED) is 0.892. The highest BCUT2D eigenvalue weighted by Gasteiger charge is 2.13. The zero-order valence-electron chi connectivity index (χ0n) is 8.26. The van der Waals surface area contributed by atoms with Gasteiger partial charge in [-0.05, 0) is 50.4 Å². The summed E-state index contributed by atoms with van der Waals surface area (Å²) in [6.07, 6.45) is 0.619. The molecule has 82 valence electrons. The highest BCUT2D eigenvalue weighted by molar-refractivity contribution is 9.11. The molecule has 1 amide bonds. The number of halogens is 2. The third-order valence-corrected chi connectivity index (χ3v) is 3.31. The van der Waals surface area contributed by atoms with E-state index in [1.807, 2.05) is 25.1 Å². The number of rotatable bonds is 3. The molecule has 0 saturated carbocycles. The summed E-state index contributed by atoms with van der Waals surface area (Å²) in [4.78, 5) is 11.6. The van der Waals surface area contributed by atoms with Crippen molar-refractivity contribution in [2.75, 3.05) is 5.32 Å². The zero-order chi connectivity index (χ0) is 11.4. The van der Waals surface area contributed by atoms with E-state index in [1.165, 1.54) is 0 Å². The van der Waals surface area contributed by atoms with Crippen LogP contribution in [0.2, 0.25) is 0 Å². The van der Waals surface area contributed by atoms with E-state index < -0.39 is 6.04 Å². The molecule has 3 N–H and O–H groups in total. The van der Waals surface area contributed by atoms with Crippen molar-refractivity contribution in [3.8, 4) is 0 Å². The van der Waals surface area contributed by atoms with Crippen LogP contribution < -0.4 is 11.1 Å². The van der Waals surface area contributed by atoms with Gasteiger partial charge < -0.3 is 11.1 Å². The maximum Gasteiger partial charge on any atom is 0.241 e. The standard InChI is InChI=1S/C10H12Br2N2O/c1-2-8(13)10(15)14-9-6(11)4-3-5-7(9)12/h3-5,8H,2,13H2,1H3,(H,14,15)/t8-/m1/s1. The van der Waals surface area contributed by atoms with Crippen LogP contribution in [0.5, 0.6) is 0 Å². The number of nitrogens with two attached hydrogens (primary N) is 1.